The average Bonchev–Trinajstić information content (AvgIpc) is 2.75. The van der Waals surface area contributed by atoms with Gasteiger partial charge in [-0.05, 0) is 42.3 Å². The topological polar surface area (TPSA) is 112 Å². The third-order valence-electron chi connectivity index (χ3n) is 4.89. The Morgan fingerprint density at radius 2 is 1.93 bits per heavy atom. The molecule has 2 amide bonds. The van der Waals surface area contributed by atoms with Crippen molar-refractivity contribution < 1.29 is 24.2 Å². The lowest BCUT2D eigenvalue weighted by Gasteiger charge is -2.34. The first-order valence-corrected chi connectivity index (χ1v) is 9.57. The number of benzene rings is 2. The Labute approximate surface area is 174 Å². The Kier molecular flexibility index (Phi) is 6.81. The number of rotatable bonds is 7. The van der Waals surface area contributed by atoms with Crippen LogP contribution in [0.25, 0.3) is 0 Å². The van der Waals surface area contributed by atoms with Crippen LogP contribution in [0.4, 0.5) is 5.69 Å². The lowest BCUT2D eigenvalue weighted by atomic mass is 10.1. The van der Waals surface area contributed by atoms with Crippen LogP contribution in [0.2, 0.25) is 0 Å². The number of nitrogens with one attached hydrogen (secondary N) is 2. The van der Waals surface area contributed by atoms with Gasteiger partial charge in [0.25, 0.3) is 11.8 Å². The van der Waals surface area contributed by atoms with E-state index in [4.69, 9.17) is 14.9 Å². The minimum atomic E-state index is -1.64. The van der Waals surface area contributed by atoms with Crippen LogP contribution >= 0.6 is 0 Å². The van der Waals surface area contributed by atoms with Crippen LogP contribution in [0, 0.1) is 5.41 Å². The summed E-state index contributed by atoms with van der Waals surface area (Å²) in [6, 6.07) is 14.0. The summed E-state index contributed by atoms with van der Waals surface area (Å²) in [5.74, 6) is -0.436. The molecule has 8 nitrogen and oxygen atoms in total. The maximum absolute atomic E-state index is 12.8. The van der Waals surface area contributed by atoms with Gasteiger partial charge in [0.15, 0.2) is 12.2 Å². The van der Waals surface area contributed by atoms with Crippen molar-refractivity contribution >= 4 is 23.2 Å². The van der Waals surface area contributed by atoms with Crippen LogP contribution in [0.15, 0.2) is 48.5 Å². The predicted molar refractivity (Wildman–Crippen MR) is 112 cm³/mol. The molecule has 0 unspecified atom stereocenters. The zero-order valence-corrected chi connectivity index (χ0v) is 16.9. The maximum Gasteiger partial charge on any atom is 0.256 e. The third kappa shape index (κ3) is 5.03. The van der Waals surface area contributed by atoms with E-state index in [0.717, 1.165) is 16.9 Å². The summed E-state index contributed by atoms with van der Waals surface area (Å²) < 4.78 is 10.5. The van der Waals surface area contributed by atoms with E-state index in [1.54, 1.807) is 43.2 Å². The molecule has 3 N–H and O–H groups in total. The largest absolute Gasteiger partial charge is 0.497 e. The van der Waals surface area contributed by atoms with E-state index in [2.05, 4.69) is 5.32 Å². The van der Waals surface area contributed by atoms with Crippen LogP contribution in [0.5, 0.6) is 5.75 Å². The van der Waals surface area contributed by atoms with Gasteiger partial charge in [0, 0.05) is 24.5 Å². The number of aliphatic hydroxyl groups is 1. The summed E-state index contributed by atoms with van der Waals surface area (Å²) in [4.78, 5) is 26.8. The number of aliphatic hydroxyl groups excluding tert-OH is 1. The molecule has 1 heterocycles. The number of amides is 2. The van der Waals surface area contributed by atoms with Crippen molar-refractivity contribution in [1.29, 1.82) is 5.41 Å². The molecule has 0 spiro atoms. The van der Waals surface area contributed by atoms with Gasteiger partial charge in [-0.1, -0.05) is 24.3 Å². The summed E-state index contributed by atoms with van der Waals surface area (Å²) in [6.45, 7) is 2.62. The predicted octanol–water partition coefficient (Wildman–Crippen LogP) is 1.81. The molecule has 2 aromatic carbocycles. The van der Waals surface area contributed by atoms with Crippen molar-refractivity contribution in [2.24, 2.45) is 0 Å². The van der Waals surface area contributed by atoms with Crippen molar-refractivity contribution in [1.82, 2.24) is 4.90 Å². The van der Waals surface area contributed by atoms with Crippen LogP contribution < -0.4 is 10.1 Å². The summed E-state index contributed by atoms with van der Waals surface area (Å²) in [6.07, 6.45) is -2.90. The van der Waals surface area contributed by atoms with Crippen molar-refractivity contribution in [3.05, 3.63) is 59.7 Å². The molecule has 1 saturated heterocycles. The average molecular weight is 411 g/mol. The number of carbonyl (C=O) groups excluding carboxylic acids is 2. The van der Waals surface area contributed by atoms with Gasteiger partial charge in [-0.3, -0.25) is 9.59 Å². The Morgan fingerprint density at radius 1 is 1.27 bits per heavy atom. The van der Waals surface area contributed by atoms with Crippen LogP contribution in [-0.4, -0.2) is 60.0 Å². The van der Waals surface area contributed by atoms with Gasteiger partial charge in [0.2, 0.25) is 0 Å². The number of nitrogens with zero attached hydrogens (tertiary/aromatic N) is 1. The van der Waals surface area contributed by atoms with Crippen LogP contribution in [0.3, 0.4) is 0 Å². The van der Waals surface area contributed by atoms with Crippen molar-refractivity contribution in [2.45, 2.75) is 25.7 Å². The second-order valence-electron chi connectivity index (χ2n) is 7.04. The summed E-state index contributed by atoms with van der Waals surface area (Å²) >= 11 is 0. The quantitative estimate of drug-likeness (QED) is 0.602. The molecule has 1 aliphatic rings. The van der Waals surface area contributed by atoms with Gasteiger partial charge in [0.1, 0.15) is 5.75 Å². The lowest BCUT2D eigenvalue weighted by molar-refractivity contribution is -0.166. The fourth-order valence-electron chi connectivity index (χ4n) is 3.14. The van der Waals surface area contributed by atoms with E-state index in [1.165, 1.54) is 0 Å². The Bertz CT molecular complexity index is 911. The third-order valence-corrected chi connectivity index (χ3v) is 4.89. The molecule has 2 aromatic rings. The highest BCUT2D eigenvalue weighted by Crippen LogP contribution is 2.18. The molecule has 2 atom stereocenters. The molecular weight excluding hydrogens is 386 g/mol. The maximum atomic E-state index is 12.8. The molecule has 158 valence electrons. The molecule has 3 rings (SSSR count). The molecule has 1 aliphatic heterocycles. The fourth-order valence-corrected chi connectivity index (χ4v) is 3.14. The summed E-state index contributed by atoms with van der Waals surface area (Å²) in [5, 5.41) is 20.6. The van der Waals surface area contributed by atoms with E-state index < -0.39 is 24.0 Å². The highest BCUT2D eigenvalue weighted by Gasteiger charge is 2.38. The number of carbonyl (C=O) groups is 2. The molecule has 0 aromatic heterocycles. The minimum Gasteiger partial charge on any atom is -0.497 e. The van der Waals surface area contributed by atoms with Gasteiger partial charge in [-0.25, -0.2) is 0 Å². The zero-order valence-electron chi connectivity index (χ0n) is 16.9. The number of hydrogen-bond donors (Lipinski definition) is 3. The minimum absolute atomic E-state index is 0.226. The fraction of sp³-hybridized carbons (Fsp3) is 0.318. The van der Waals surface area contributed by atoms with Gasteiger partial charge >= 0.3 is 0 Å². The molecule has 0 aliphatic carbocycles. The molecule has 8 heteroatoms. The molecule has 0 bridgehead atoms. The number of anilines is 1. The molecule has 1 fully saturated rings. The molecule has 0 radical (unpaired) electrons. The first-order valence-electron chi connectivity index (χ1n) is 9.57. The molecular formula is C22H25N3O5. The highest BCUT2D eigenvalue weighted by molar-refractivity contribution is 6.00. The number of methoxy groups -OCH3 is 1. The van der Waals surface area contributed by atoms with Crippen molar-refractivity contribution in [3.8, 4) is 5.75 Å². The monoisotopic (exact) mass is 411 g/mol. The Morgan fingerprint density at radius 3 is 2.53 bits per heavy atom. The number of morpholine rings is 1. The first-order chi connectivity index (χ1) is 14.4. The number of hydrogen-bond acceptors (Lipinski definition) is 6. The Balaban J connectivity index is 1.62. The van der Waals surface area contributed by atoms with Crippen LogP contribution in [0.1, 0.15) is 18.1 Å². The first kappa shape index (κ1) is 21.5. The Hall–Kier alpha value is -3.23. The van der Waals surface area contributed by atoms with Gasteiger partial charge < -0.3 is 30.2 Å². The molecule has 0 saturated carbocycles. The summed E-state index contributed by atoms with van der Waals surface area (Å²) in [5.41, 5.74) is 2.51. The smallest absolute Gasteiger partial charge is 0.256 e. The second kappa shape index (κ2) is 9.51. The molecule has 30 heavy (non-hydrogen) atoms. The van der Waals surface area contributed by atoms with E-state index >= 15 is 0 Å². The standard InChI is InChI=1S/C22H25N3O5/c1-14(23)16-5-7-17(8-6-16)24-21(27)19(26)20-22(28)25(11-12-30-20)13-15-3-9-18(29-2)10-4-15/h3-10,19-20,23,26H,11-13H2,1-2H3,(H,24,27)/t19-,20-/m1/s1. The van der Waals surface area contributed by atoms with Crippen molar-refractivity contribution in [3.63, 3.8) is 0 Å². The zero-order chi connectivity index (χ0) is 21.7. The highest BCUT2D eigenvalue weighted by atomic mass is 16.5. The van der Waals surface area contributed by atoms with Gasteiger partial charge in [0.05, 0.1) is 13.7 Å². The lowest BCUT2D eigenvalue weighted by Crippen LogP contribution is -2.54. The van der Waals surface area contributed by atoms with Gasteiger partial charge in [-0.15, -0.1) is 0 Å². The van der Waals surface area contributed by atoms with Crippen molar-refractivity contribution in [2.75, 3.05) is 25.6 Å². The van der Waals surface area contributed by atoms with Crippen LogP contribution in [-0.2, 0) is 20.9 Å². The van der Waals surface area contributed by atoms with E-state index in [-0.39, 0.29) is 6.61 Å². The number of ether oxygens (including phenoxy) is 2. The van der Waals surface area contributed by atoms with Gasteiger partial charge in [-0.2, -0.15) is 0 Å². The normalized spacial score (nSPS) is 17.4. The van der Waals surface area contributed by atoms with E-state index in [0.29, 0.717) is 24.5 Å². The van der Waals surface area contributed by atoms with E-state index in [9.17, 15) is 14.7 Å². The SMILES string of the molecule is COc1ccc(CN2CCO[C@H]([C@@H](O)C(=O)Nc3ccc(C(C)=N)cc3)C2=O)cc1. The second-order valence-corrected chi connectivity index (χ2v) is 7.04. The van der Waals surface area contributed by atoms with E-state index in [1.807, 2.05) is 24.3 Å². The summed E-state index contributed by atoms with van der Waals surface area (Å²) in [7, 11) is 1.58.